The summed E-state index contributed by atoms with van der Waals surface area (Å²) < 4.78 is 6.77. The van der Waals surface area contributed by atoms with Gasteiger partial charge in [0.2, 0.25) is 0 Å². The van der Waals surface area contributed by atoms with E-state index in [4.69, 9.17) is 19.7 Å². The molecule has 62 heavy (non-hydrogen) atoms. The number of aromatic nitrogens is 3. The summed E-state index contributed by atoms with van der Waals surface area (Å²) in [5.41, 5.74) is 16.4. The smallest absolute Gasteiger partial charge is 0.164 e. The van der Waals surface area contributed by atoms with Crippen molar-refractivity contribution in [2.75, 3.05) is 0 Å². The summed E-state index contributed by atoms with van der Waals surface area (Å²) >= 11 is 0. The van der Waals surface area contributed by atoms with Crippen molar-refractivity contribution in [3.8, 4) is 67.9 Å². The molecular formula is C58H43N3O. The Kier molecular flexibility index (Phi) is 7.80. The summed E-state index contributed by atoms with van der Waals surface area (Å²) in [6.07, 6.45) is 0. The third kappa shape index (κ3) is 5.04. The van der Waals surface area contributed by atoms with E-state index in [2.05, 4.69) is 198 Å². The molecule has 3 aliphatic rings. The molecule has 0 radical (unpaired) electrons. The van der Waals surface area contributed by atoms with Crippen LogP contribution in [0.15, 0.2) is 188 Å². The highest BCUT2D eigenvalue weighted by atomic mass is 16.5. The zero-order valence-electron chi connectivity index (χ0n) is 35.1. The van der Waals surface area contributed by atoms with Gasteiger partial charge in [0.15, 0.2) is 17.5 Å². The van der Waals surface area contributed by atoms with E-state index in [9.17, 15) is 0 Å². The molecule has 9 aromatic rings. The van der Waals surface area contributed by atoms with Gasteiger partial charge in [-0.1, -0.05) is 198 Å². The molecule has 2 heterocycles. The standard InChI is InChI=1S/C58H43N3O/c1-56(2)43-25-11-10-22-39(43)40-34-33-37(35-49(40)56)54-59-53(36-19-6-5-7-20-36)60-55(61-54)42-23-9-8-21-38(42)41-24-18-30-48-52(41)58(45-27-13-12-26-44(45)57(48,3)4)46-28-14-16-31-50(46)62-51-32-17-15-29-47(51)58/h5-35H,1-4H3. The van der Waals surface area contributed by atoms with Crippen LogP contribution < -0.4 is 4.74 Å². The molecule has 4 heteroatoms. The van der Waals surface area contributed by atoms with Crippen LogP contribution in [-0.4, -0.2) is 15.0 Å². The lowest BCUT2D eigenvalue weighted by atomic mass is 9.52. The summed E-state index contributed by atoms with van der Waals surface area (Å²) in [5.74, 6) is 3.64. The largest absolute Gasteiger partial charge is 0.457 e. The quantitative estimate of drug-likeness (QED) is 0.178. The van der Waals surface area contributed by atoms with Gasteiger partial charge in [0, 0.05) is 38.6 Å². The lowest BCUT2D eigenvalue weighted by Gasteiger charge is -2.50. The van der Waals surface area contributed by atoms with Crippen LogP contribution in [0.25, 0.3) is 56.4 Å². The van der Waals surface area contributed by atoms with Crippen molar-refractivity contribution >= 4 is 0 Å². The fraction of sp³-hybridized carbons (Fsp3) is 0.121. The van der Waals surface area contributed by atoms with Crippen molar-refractivity contribution in [3.63, 3.8) is 0 Å². The van der Waals surface area contributed by atoms with E-state index in [1.807, 2.05) is 18.2 Å². The molecule has 0 unspecified atom stereocenters. The van der Waals surface area contributed by atoms with Crippen LogP contribution in [0.4, 0.5) is 0 Å². The predicted molar refractivity (Wildman–Crippen MR) is 250 cm³/mol. The molecule has 0 fully saturated rings. The van der Waals surface area contributed by atoms with Crippen molar-refractivity contribution < 1.29 is 4.74 Å². The van der Waals surface area contributed by atoms with Gasteiger partial charge in [-0.2, -0.15) is 0 Å². The highest BCUT2D eigenvalue weighted by Crippen LogP contribution is 2.63. The van der Waals surface area contributed by atoms with Crippen LogP contribution >= 0.6 is 0 Å². The van der Waals surface area contributed by atoms with Crippen molar-refractivity contribution in [3.05, 3.63) is 233 Å². The molecule has 12 rings (SSSR count). The highest BCUT2D eigenvalue weighted by Gasteiger charge is 2.54. The summed E-state index contributed by atoms with van der Waals surface area (Å²) in [5, 5.41) is 0. The van der Waals surface area contributed by atoms with Gasteiger partial charge in [0.05, 0.1) is 5.41 Å². The first kappa shape index (κ1) is 36.4. The van der Waals surface area contributed by atoms with Crippen molar-refractivity contribution in [1.29, 1.82) is 0 Å². The van der Waals surface area contributed by atoms with E-state index in [0.717, 1.165) is 50.4 Å². The minimum atomic E-state index is -0.690. The lowest BCUT2D eigenvalue weighted by molar-refractivity contribution is 0.425. The van der Waals surface area contributed by atoms with E-state index in [-0.39, 0.29) is 10.8 Å². The third-order valence-electron chi connectivity index (χ3n) is 13.9. The lowest BCUT2D eigenvalue weighted by Crippen LogP contribution is -2.43. The average molecular weight is 798 g/mol. The first-order valence-corrected chi connectivity index (χ1v) is 21.5. The van der Waals surface area contributed by atoms with Gasteiger partial charge < -0.3 is 4.74 Å². The van der Waals surface area contributed by atoms with Crippen LogP contribution in [-0.2, 0) is 16.2 Å². The summed E-state index contributed by atoms with van der Waals surface area (Å²) in [6, 6.07) is 67.5. The Bertz CT molecular complexity index is 3240. The second-order valence-electron chi connectivity index (χ2n) is 17.9. The number of nitrogens with zero attached hydrogens (tertiary/aromatic N) is 3. The number of hydrogen-bond acceptors (Lipinski definition) is 4. The second-order valence-corrected chi connectivity index (χ2v) is 17.9. The maximum Gasteiger partial charge on any atom is 0.164 e. The fourth-order valence-electron chi connectivity index (χ4n) is 11.0. The molecule has 2 aliphatic carbocycles. The molecule has 0 saturated carbocycles. The molecule has 1 aliphatic heterocycles. The third-order valence-corrected chi connectivity index (χ3v) is 13.9. The summed E-state index contributed by atoms with van der Waals surface area (Å²) in [7, 11) is 0. The number of hydrogen-bond donors (Lipinski definition) is 0. The minimum Gasteiger partial charge on any atom is -0.457 e. The Balaban J connectivity index is 1.13. The Morgan fingerprint density at radius 3 is 1.52 bits per heavy atom. The van der Waals surface area contributed by atoms with Crippen LogP contribution in [0, 0.1) is 0 Å². The van der Waals surface area contributed by atoms with Crippen molar-refractivity contribution in [2.45, 2.75) is 43.9 Å². The highest BCUT2D eigenvalue weighted by molar-refractivity contribution is 5.90. The monoisotopic (exact) mass is 797 g/mol. The van der Waals surface area contributed by atoms with Gasteiger partial charge >= 0.3 is 0 Å². The Labute approximate surface area is 362 Å². The zero-order chi connectivity index (χ0) is 41.8. The minimum absolute atomic E-state index is 0.164. The van der Waals surface area contributed by atoms with Gasteiger partial charge in [0.1, 0.15) is 11.5 Å². The van der Waals surface area contributed by atoms with Gasteiger partial charge in [-0.3, -0.25) is 0 Å². The Hall–Kier alpha value is -7.43. The van der Waals surface area contributed by atoms with E-state index in [1.54, 1.807) is 0 Å². The van der Waals surface area contributed by atoms with E-state index in [1.165, 1.54) is 44.5 Å². The van der Waals surface area contributed by atoms with Gasteiger partial charge in [-0.05, 0) is 73.8 Å². The summed E-state index contributed by atoms with van der Waals surface area (Å²) in [4.78, 5) is 16.0. The average Bonchev–Trinajstić information content (AvgIpc) is 3.55. The summed E-state index contributed by atoms with van der Waals surface area (Å²) in [6.45, 7) is 9.36. The normalized spacial score (nSPS) is 15.3. The van der Waals surface area contributed by atoms with Gasteiger partial charge in [-0.15, -0.1) is 0 Å². The molecule has 0 amide bonds. The van der Waals surface area contributed by atoms with Gasteiger partial charge in [0.25, 0.3) is 0 Å². The van der Waals surface area contributed by atoms with Gasteiger partial charge in [-0.25, -0.2) is 15.0 Å². The molecule has 0 saturated heterocycles. The SMILES string of the molecule is CC1(C)c2ccccc2-c2ccc(-c3nc(-c4ccccc4)nc(-c4ccccc4-c4cccc5c4C4(c6ccccc6Oc6ccccc64)c4ccccc4C5(C)C)n3)cc21. The maximum absolute atomic E-state index is 6.77. The second kappa shape index (κ2) is 13.3. The van der Waals surface area contributed by atoms with Crippen LogP contribution in [0.1, 0.15) is 72.2 Å². The van der Waals surface area contributed by atoms with Crippen molar-refractivity contribution in [2.24, 2.45) is 0 Å². The fourth-order valence-corrected chi connectivity index (χ4v) is 11.0. The predicted octanol–water partition coefficient (Wildman–Crippen LogP) is 14.0. The molecular weight excluding hydrogens is 755 g/mol. The Morgan fingerprint density at radius 2 is 0.806 bits per heavy atom. The number of benzene rings is 8. The molecule has 0 atom stereocenters. The molecule has 296 valence electrons. The topological polar surface area (TPSA) is 47.9 Å². The van der Waals surface area contributed by atoms with E-state index >= 15 is 0 Å². The Morgan fingerprint density at radius 1 is 0.323 bits per heavy atom. The van der Waals surface area contributed by atoms with Crippen LogP contribution in [0.2, 0.25) is 0 Å². The molecule has 0 N–H and O–H groups in total. The van der Waals surface area contributed by atoms with E-state index < -0.39 is 5.41 Å². The molecule has 4 nitrogen and oxygen atoms in total. The van der Waals surface area contributed by atoms with Crippen molar-refractivity contribution in [1.82, 2.24) is 15.0 Å². The first-order chi connectivity index (χ1) is 30.3. The van der Waals surface area contributed by atoms with Crippen LogP contribution in [0.5, 0.6) is 11.5 Å². The number of para-hydroxylation sites is 2. The zero-order valence-corrected chi connectivity index (χ0v) is 35.1. The maximum atomic E-state index is 6.77. The molecule has 0 bridgehead atoms. The van der Waals surface area contributed by atoms with E-state index in [0.29, 0.717) is 17.5 Å². The molecule has 1 aromatic heterocycles. The first-order valence-electron chi connectivity index (χ1n) is 21.5. The van der Waals surface area contributed by atoms with Crippen LogP contribution in [0.3, 0.4) is 0 Å². The number of fused-ring (bicyclic) bond motifs is 11. The number of ether oxygens (including phenoxy) is 1. The molecule has 8 aromatic carbocycles. The number of rotatable bonds is 4. The molecule has 1 spiro atoms.